The van der Waals surface area contributed by atoms with Crippen LogP contribution < -0.4 is 25.6 Å². The Hall–Kier alpha value is -3.21. The zero-order valence-corrected chi connectivity index (χ0v) is 16.6. The van der Waals surface area contributed by atoms with Crippen LogP contribution in [-0.4, -0.2) is 28.9 Å². The van der Waals surface area contributed by atoms with Gasteiger partial charge >= 0.3 is 5.69 Å². The second-order valence-electron chi connectivity index (χ2n) is 6.62. The maximum atomic E-state index is 12.4. The molecule has 0 unspecified atom stereocenters. The van der Waals surface area contributed by atoms with Crippen molar-refractivity contribution >= 4 is 5.82 Å². The van der Waals surface area contributed by atoms with Crippen molar-refractivity contribution in [3.63, 3.8) is 0 Å². The molecule has 8 heteroatoms. The molecule has 0 saturated heterocycles. The number of nitrogens with zero attached hydrogens (tertiary/aromatic N) is 4. The van der Waals surface area contributed by atoms with Crippen LogP contribution in [0.3, 0.4) is 0 Å². The third kappa shape index (κ3) is 3.24. The highest BCUT2D eigenvalue weighted by Gasteiger charge is 2.26. The summed E-state index contributed by atoms with van der Waals surface area (Å²) in [6.07, 6.45) is 0.704. The first-order chi connectivity index (χ1) is 13.4. The predicted octanol–water partition coefficient (Wildman–Crippen LogP) is 1.32. The van der Waals surface area contributed by atoms with Crippen LogP contribution in [0.2, 0.25) is 0 Å². The van der Waals surface area contributed by atoms with Crippen LogP contribution in [0.25, 0.3) is 0 Å². The molecule has 2 heterocycles. The molecule has 3 rings (SSSR count). The zero-order valence-electron chi connectivity index (χ0n) is 16.6. The van der Waals surface area contributed by atoms with Gasteiger partial charge < -0.3 is 14.4 Å². The van der Waals surface area contributed by atoms with Crippen LogP contribution in [0.1, 0.15) is 30.5 Å². The molecule has 2 aromatic rings. The lowest BCUT2D eigenvalue weighted by Gasteiger charge is -2.32. The summed E-state index contributed by atoms with van der Waals surface area (Å²) in [5.74, 6) is 1.74. The Balaban J connectivity index is 2.08. The topological polar surface area (TPSA) is 89.5 Å². The summed E-state index contributed by atoms with van der Waals surface area (Å²) in [7, 11) is 2.96. The normalized spacial score (nSPS) is 13.0. The molecule has 1 aliphatic rings. The second kappa shape index (κ2) is 7.80. The standard InChI is InChI=1S/C20H24N4O4/c1-5-27-16-9-13-7-8-24(12-14(13)10-17(16)28-6-2)18-15(11-21)19(25)23(4)20(26)22(18)3/h9-10H,5-8,12H2,1-4H3. The quantitative estimate of drug-likeness (QED) is 0.772. The lowest BCUT2D eigenvalue weighted by Crippen LogP contribution is -2.43. The van der Waals surface area contributed by atoms with Crippen molar-refractivity contribution in [1.29, 1.82) is 5.26 Å². The molecule has 0 spiro atoms. The van der Waals surface area contributed by atoms with E-state index in [1.807, 2.05) is 36.9 Å². The van der Waals surface area contributed by atoms with Gasteiger partial charge in [0.25, 0.3) is 5.56 Å². The highest BCUT2D eigenvalue weighted by molar-refractivity contribution is 5.57. The maximum Gasteiger partial charge on any atom is 0.332 e. The average Bonchev–Trinajstić information content (AvgIpc) is 2.69. The van der Waals surface area contributed by atoms with Crippen molar-refractivity contribution in [3.8, 4) is 17.6 Å². The Morgan fingerprint density at radius 2 is 1.64 bits per heavy atom. The second-order valence-corrected chi connectivity index (χ2v) is 6.62. The highest BCUT2D eigenvalue weighted by Crippen LogP contribution is 2.35. The van der Waals surface area contributed by atoms with Crippen molar-refractivity contribution in [2.75, 3.05) is 24.7 Å². The molecule has 0 radical (unpaired) electrons. The van der Waals surface area contributed by atoms with E-state index >= 15 is 0 Å². The van der Waals surface area contributed by atoms with E-state index in [1.54, 1.807) is 7.05 Å². The lowest BCUT2D eigenvalue weighted by atomic mass is 9.98. The summed E-state index contributed by atoms with van der Waals surface area (Å²) >= 11 is 0. The number of aromatic nitrogens is 2. The monoisotopic (exact) mass is 384 g/mol. The summed E-state index contributed by atoms with van der Waals surface area (Å²) in [5, 5.41) is 9.53. The number of nitriles is 1. The zero-order chi connectivity index (χ0) is 20.4. The molecule has 0 atom stereocenters. The van der Waals surface area contributed by atoms with Gasteiger partial charge in [0.1, 0.15) is 11.9 Å². The number of fused-ring (bicyclic) bond motifs is 1. The van der Waals surface area contributed by atoms with Crippen molar-refractivity contribution in [2.24, 2.45) is 14.1 Å². The Bertz CT molecular complexity index is 1060. The molecule has 0 saturated carbocycles. The molecule has 0 bridgehead atoms. The van der Waals surface area contributed by atoms with E-state index in [0.29, 0.717) is 44.3 Å². The molecule has 28 heavy (non-hydrogen) atoms. The maximum absolute atomic E-state index is 12.4. The van der Waals surface area contributed by atoms with Gasteiger partial charge in [0.15, 0.2) is 17.1 Å². The average molecular weight is 384 g/mol. The fraction of sp³-hybridized carbons (Fsp3) is 0.450. The van der Waals surface area contributed by atoms with E-state index in [2.05, 4.69) is 0 Å². The van der Waals surface area contributed by atoms with Gasteiger partial charge in [-0.05, 0) is 43.5 Å². The third-order valence-electron chi connectivity index (χ3n) is 4.92. The van der Waals surface area contributed by atoms with E-state index in [1.165, 1.54) is 11.6 Å². The van der Waals surface area contributed by atoms with Gasteiger partial charge in [0, 0.05) is 27.2 Å². The predicted molar refractivity (Wildman–Crippen MR) is 105 cm³/mol. The molecule has 0 N–H and O–H groups in total. The number of ether oxygens (including phenoxy) is 2. The van der Waals surface area contributed by atoms with Crippen molar-refractivity contribution in [1.82, 2.24) is 9.13 Å². The first-order valence-corrected chi connectivity index (χ1v) is 9.29. The third-order valence-corrected chi connectivity index (χ3v) is 4.92. The van der Waals surface area contributed by atoms with Gasteiger partial charge in [-0.15, -0.1) is 0 Å². The van der Waals surface area contributed by atoms with Gasteiger partial charge in [-0.25, -0.2) is 4.79 Å². The Morgan fingerprint density at radius 1 is 1.04 bits per heavy atom. The van der Waals surface area contributed by atoms with Gasteiger partial charge in [0.2, 0.25) is 0 Å². The summed E-state index contributed by atoms with van der Waals surface area (Å²) in [6, 6.07) is 5.91. The molecule has 1 aliphatic heterocycles. The number of hydrogen-bond acceptors (Lipinski definition) is 6. The number of hydrogen-bond donors (Lipinski definition) is 0. The number of anilines is 1. The van der Waals surface area contributed by atoms with Crippen LogP contribution >= 0.6 is 0 Å². The first-order valence-electron chi connectivity index (χ1n) is 9.29. The fourth-order valence-corrected chi connectivity index (χ4v) is 3.58. The van der Waals surface area contributed by atoms with E-state index in [0.717, 1.165) is 21.4 Å². The minimum absolute atomic E-state index is 0.0241. The molecule has 1 aromatic heterocycles. The van der Waals surface area contributed by atoms with Crippen LogP contribution in [0, 0.1) is 11.3 Å². The summed E-state index contributed by atoms with van der Waals surface area (Å²) in [5.41, 5.74) is 1.11. The van der Waals surface area contributed by atoms with Crippen LogP contribution in [0.15, 0.2) is 21.7 Å². The van der Waals surface area contributed by atoms with E-state index in [-0.39, 0.29) is 5.56 Å². The minimum Gasteiger partial charge on any atom is -0.490 e. The largest absolute Gasteiger partial charge is 0.490 e. The highest BCUT2D eigenvalue weighted by atomic mass is 16.5. The number of rotatable bonds is 5. The first kappa shape index (κ1) is 19.5. The molecule has 8 nitrogen and oxygen atoms in total. The lowest BCUT2D eigenvalue weighted by molar-refractivity contribution is 0.287. The van der Waals surface area contributed by atoms with E-state index in [9.17, 15) is 14.9 Å². The molecule has 1 aromatic carbocycles. The van der Waals surface area contributed by atoms with E-state index in [4.69, 9.17) is 9.47 Å². The molecule has 0 fully saturated rings. The van der Waals surface area contributed by atoms with Crippen LogP contribution in [0.5, 0.6) is 11.5 Å². The molecular formula is C20H24N4O4. The molecule has 148 valence electrons. The van der Waals surface area contributed by atoms with Crippen molar-refractivity contribution in [3.05, 3.63) is 49.7 Å². The smallest absolute Gasteiger partial charge is 0.332 e. The molecular weight excluding hydrogens is 360 g/mol. The van der Waals surface area contributed by atoms with Gasteiger partial charge in [-0.3, -0.25) is 13.9 Å². The molecule has 0 aliphatic carbocycles. The van der Waals surface area contributed by atoms with Crippen molar-refractivity contribution in [2.45, 2.75) is 26.8 Å². The van der Waals surface area contributed by atoms with Gasteiger partial charge in [-0.1, -0.05) is 0 Å². The summed E-state index contributed by atoms with van der Waals surface area (Å²) < 4.78 is 13.7. The number of benzene rings is 1. The summed E-state index contributed by atoms with van der Waals surface area (Å²) in [4.78, 5) is 26.7. The SMILES string of the molecule is CCOc1cc2c(cc1OCC)CN(c1c(C#N)c(=O)n(C)c(=O)n1C)CC2. The van der Waals surface area contributed by atoms with Crippen LogP contribution in [-0.2, 0) is 27.1 Å². The molecule has 0 amide bonds. The van der Waals surface area contributed by atoms with E-state index < -0.39 is 11.2 Å². The minimum atomic E-state index is -0.576. The Kier molecular flexibility index (Phi) is 5.45. The Morgan fingerprint density at radius 3 is 2.21 bits per heavy atom. The Labute approximate surface area is 163 Å². The summed E-state index contributed by atoms with van der Waals surface area (Å²) in [6.45, 7) is 5.96. The van der Waals surface area contributed by atoms with Gasteiger partial charge in [0.05, 0.1) is 13.2 Å². The van der Waals surface area contributed by atoms with Crippen molar-refractivity contribution < 1.29 is 9.47 Å². The fourth-order valence-electron chi connectivity index (χ4n) is 3.58. The van der Waals surface area contributed by atoms with Gasteiger partial charge in [-0.2, -0.15) is 5.26 Å². The van der Waals surface area contributed by atoms with Crippen LogP contribution in [0.4, 0.5) is 5.82 Å².